The molecule has 144 valence electrons. The highest BCUT2D eigenvalue weighted by molar-refractivity contribution is 7.08. The maximum absolute atomic E-state index is 13.1. The molecule has 0 aliphatic carbocycles. The van der Waals surface area contributed by atoms with E-state index < -0.39 is 0 Å². The van der Waals surface area contributed by atoms with Crippen molar-refractivity contribution in [3.05, 3.63) is 80.6 Å². The number of rotatable bonds is 3. The Hall–Kier alpha value is -3.38. The lowest BCUT2D eigenvalue weighted by atomic mass is 9.86. The standard InChI is InChI=1S/C23H16O5S/c1-26-18-11-19-21(15(9-20(25)27-19)14-7-8-29-12-14)23-22(18)16(24)10-17(28-23)13-5-3-2-4-6-13/h2-8,10-12,15H,9H2,1H3. The zero-order valence-electron chi connectivity index (χ0n) is 15.5. The van der Waals surface area contributed by atoms with Gasteiger partial charge >= 0.3 is 5.97 Å². The van der Waals surface area contributed by atoms with Gasteiger partial charge in [0, 0.05) is 29.2 Å². The molecular weight excluding hydrogens is 388 g/mol. The van der Waals surface area contributed by atoms with Crippen LogP contribution in [0.3, 0.4) is 0 Å². The molecule has 1 atom stereocenters. The predicted octanol–water partition coefficient (Wildman–Crippen LogP) is 4.97. The van der Waals surface area contributed by atoms with Gasteiger partial charge in [-0.05, 0) is 22.4 Å². The molecule has 29 heavy (non-hydrogen) atoms. The summed E-state index contributed by atoms with van der Waals surface area (Å²) in [6, 6.07) is 14.5. The number of fused-ring (bicyclic) bond motifs is 3. The third-order valence-electron chi connectivity index (χ3n) is 5.13. The lowest BCUT2D eigenvalue weighted by molar-refractivity contribution is -0.135. The second-order valence-corrected chi connectivity index (χ2v) is 7.60. The molecule has 0 N–H and O–H groups in total. The molecule has 2 aromatic heterocycles. The molecule has 6 heteroatoms. The molecule has 1 aliphatic rings. The summed E-state index contributed by atoms with van der Waals surface area (Å²) < 4.78 is 17.2. The fourth-order valence-electron chi connectivity index (χ4n) is 3.81. The van der Waals surface area contributed by atoms with Crippen molar-refractivity contribution >= 4 is 28.3 Å². The molecule has 1 aliphatic heterocycles. The van der Waals surface area contributed by atoms with Crippen LogP contribution in [0.5, 0.6) is 11.5 Å². The normalized spacial score (nSPS) is 15.8. The van der Waals surface area contributed by atoms with E-state index in [1.165, 1.54) is 13.2 Å². The van der Waals surface area contributed by atoms with E-state index in [4.69, 9.17) is 13.9 Å². The topological polar surface area (TPSA) is 65.7 Å². The fraction of sp³-hybridized carbons (Fsp3) is 0.130. The molecular formula is C23H16O5S. The van der Waals surface area contributed by atoms with Crippen molar-refractivity contribution in [1.29, 1.82) is 0 Å². The van der Waals surface area contributed by atoms with Crippen LogP contribution in [0.15, 0.2) is 68.5 Å². The monoisotopic (exact) mass is 404 g/mol. The van der Waals surface area contributed by atoms with E-state index in [2.05, 4.69) is 0 Å². The van der Waals surface area contributed by atoms with Gasteiger partial charge in [0.15, 0.2) is 5.43 Å². The number of thiophene rings is 1. The number of carbonyl (C=O) groups is 1. The van der Waals surface area contributed by atoms with Gasteiger partial charge in [-0.3, -0.25) is 9.59 Å². The first-order valence-electron chi connectivity index (χ1n) is 9.12. The van der Waals surface area contributed by atoms with Gasteiger partial charge in [0.25, 0.3) is 0 Å². The number of methoxy groups -OCH3 is 1. The van der Waals surface area contributed by atoms with Crippen molar-refractivity contribution in [3.8, 4) is 22.8 Å². The Balaban J connectivity index is 1.87. The molecule has 5 rings (SSSR count). The van der Waals surface area contributed by atoms with Crippen LogP contribution < -0.4 is 14.9 Å². The summed E-state index contributed by atoms with van der Waals surface area (Å²) in [6.07, 6.45) is 0.185. The van der Waals surface area contributed by atoms with Crippen molar-refractivity contribution in [1.82, 2.24) is 0 Å². The largest absolute Gasteiger partial charge is 0.496 e. The van der Waals surface area contributed by atoms with Gasteiger partial charge in [-0.2, -0.15) is 11.3 Å². The molecule has 0 saturated carbocycles. The summed E-state index contributed by atoms with van der Waals surface area (Å²) in [5.74, 6) is 0.581. The van der Waals surface area contributed by atoms with Crippen LogP contribution in [0.2, 0.25) is 0 Å². The summed E-state index contributed by atoms with van der Waals surface area (Å²) in [5.41, 5.74) is 2.68. The first-order valence-corrected chi connectivity index (χ1v) is 10.1. The zero-order chi connectivity index (χ0) is 20.0. The third-order valence-corrected chi connectivity index (χ3v) is 5.83. The molecule has 4 aromatic rings. The minimum atomic E-state index is -0.323. The lowest BCUT2D eigenvalue weighted by Crippen LogP contribution is -2.22. The van der Waals surface area contributed by atoms with Crippen LogP contribution in [-0.2, 0) is 4.79 Å². The smallest absolute Gasteiger partial charge is 0.312 e. The van der Waals surface area contributed by atoms with Crippen LogP contribution in [0.4, 0.5) is 0 Å². The Morgan fingerprint density at radius 1 is 1.10 bits per heavy atom. The van der Waals surface area contributed by atoms with E-state index in [0.717, 1.165) is 11.1 Å². The zero-order valence-corrected chi connectivity index (χ0v) is 16.3. The lowest BCUT2D eigenvalue weighted by Gasteiger charge is -2.25. The number of benzene rings is 2. The maximum atomic E-state index is 13.1. The molecule has 0 saturated heterocycles. The minimum absolute atomic E-state index is 0.185. The average Bonchev–Trinajstić information content (AvgIpc) is 3.27. The van der Waals surface area contributed by atoms with Gasteiger partial charge < -0.3 is 13.9 Å². The highest BCUT2D eigenvalue weighted by Gasteiger charge is 2.34. The van der Waals surface area contributed by atoms with Crippen molar-refractivity contribution in [2.75, 3.05) is 7.11 Å². The van der Waals surface area contributed by atoms with Gasteiger partial charge in [0.05, 0.1) is 13.5 Å². The van der Waals surface area contributed by atoms with Crippen LogP contribution in [-0.4, -0.2) is 13.1 Å². The number of ether oxygens (including phenoxy) is 2. The van der Waals surface area contributed by atoms with Gasteiger partial charge in [0.2, 0.25) is 0 Å². The molecule has 1 unspecified atom stereocenters. The van der Waals surface area contributed by atoms with Gasteiger partial charge in [0.1, 0.15) is 28.2 Å². The summed E-state index contributed by atoms with van der Waals surface area (Å²) in [6.45, 7) is 0. The van der Waals surface area contributed by atoms with E-state index in [1.807, 2.05) is 47.2 Å². The average molecular weight is 404 g/mol. The van der Waals surface area contributed by atoms with E-state index in [-0.39, 0.29) is 23.7 Å². The summed E-state index contributed by atoms with van der Waals surface area (Å²) in [5, 5.41) is 4.32. The Labute approximate surface area is 170 Å². The fourth-order valence-corrected chi connectivity index (χ4v) is 4.52. The van der Waals surface area contributed by atoms with Crippen LogP contribution in [0.25, 0.3) is 22.3 Å². The van der Waals surface area contributed by atoms with Crippen LogP contribution in [0.1, 0.15) is 23.5 Å². The van der Waals surface area contributed by atoms with E-state index in [1.54, 1.807) is 17.4 Å². The van der Waals surface area contributed by atoms with E-state index >= 15 is 0 Å². The van der Waals surface area contributed by atoms with Gasteiger partial charge in [-0.25, -0.2) is 0 Å². The van der Waals surface area contributed by atoms with Gasteiger partial charge in [-0.1, -0.05) is 30.3 Å². The summed E-state index contributed by atoms with van der Waals surface area (Å²) in [4.78, 5) is 25.3. The third kappa shape index (κ3) is 2.93. The molecule has 0 fully saturated rings. The summed E-state index contributed by atoms with van der Waals surface area (Å²) >= 11 is 1.56. The molecule has 3 heterocycles. The highest BCUT2D eigenvalue weighted by Crippen LogP contribution is 2.46. The highest BCUT2D eigenvalue weighted by atomic mass is 32.1. The molecule has 0 amide bonds. The molecule has 5 nitrogen and oxygen atoms in total. The van der Waals surface area contributed by atoms with Crippen LogP contribution in [0, 0.1) is 0 Å². The number of carbonyl (C=O) groups excluding carboxylic acids is 1. The van der Waals surface area contributed by atoms with Crippen LogP contribution >= 0.6 is 11.3 Å². The molecule has 0 spiro atoms. The van der Waals surface area contributed by atoms with Gasteiger partial charge in [-0.15, -0.1) is 0 Å². The minimum Gasteiger partial charge on any atom is -0.496 e. The SMILES string of the molecule is COc1cc2c(c3oc(-c4ccccc4)cc(=O)c13)C(c1ccsc1)CC(=O)O2. The Kier molecular flexibility index (Phi) is 4.21. The molecule has 0 bridgehead atoms. The Morgan fingerprint density at radius 2 is 1.93 bits per heavy atom. The first-order chi connectivity index (χ1) is 14.2. The van der Waals surface area contributed by atoms with Crippen molar-refractivity contribution < 1.29 is 18.7 Å². The quantitative estimate of drug-likeness (QED) is 0.356. The molecule has 2 aromatic carbocycles. The van der Waals surface area contributed by atoms with Crippen molar-refractivity contribution in [2.45, 2.75) is 12.3 Å². The second kappa shape index (κ2) is 6.90. The Bertz CT molecular complexity index is 1270. The predicted molar refractivity (Wildman–Crippen MR) is 111 cm³/mol. The van der Waals surface area contributed by atoms with Crippen molar-refractivity contribution in [3.63, 3.8) is 0 Å². The van der Waals surface area contributed by atoms with E-state index in [0.29, 0.717) is 33.8 Å². The number of esters is 1. The Morgan fingerprint density at radius 3 is 2.66 bits per heavy atom. The van der Waals surface area contributed by atoms with Crippen molar-refractivity contribution in [2.24, 2.45) is 0 Å². The number of hydrogen-bond acceptors (Lipinski definition) is 6. The number of hydrogen-bond donors (Lipinski definition) is 0. The second-order valence-electron chi connectivity index (χ2n) is 6.82. The van der Waals surface area contributed by atoms with E-state index in [9.17, 15) is 9.59 Å². The maximum Gasteiger partial charge on any atom is 0.312 e. The first kappa shape index (κ1) is 17.7. The summed E-state index contributed by atoms with van der Waals surface area (Å²) in [7, 11) is 1.48. The molecule has 0 radical (unpaired) electrons.